The number of amides is 3. The maximum Gasteiger partial charge on any atom is 0.318 e. The lowest BCUT2D eigenvalue weighted by molar-refractivity contribution is -0.127. The van der Waals surface area contributed by atoms with E-state index in [2.05, 4.69) is 10.6 Å². The number of urea groups is 1. The molecule has 2 aliphatic carbocycles. The first-order valence-corrected chi connectivity index (χ1v) is 10.2. The van der Waals surface area contributed by atoms with Gasteiger partial charge >= 0.3 is 6.03 Å². The van der Waals surface area contributed by atoms with Gasteiger partial charge in [0.1, 0.15) is 22.7 Å². The number of hydrogen-bond donors (Lipinski definition) is 2. The molecule has 0 radical (unpaired) electrons. The molecule has 3 amide bonds. The first kappa shape index (κ1) is 19.4. The highest BCUT2D eigenvalue weighted by Crippen LogP contribution is 2.53. The Labute approximate surface area is 167 Å². The van der Waals surface area contributed by atoms with Crippen molar-refractivity contribution in [1.82, 2.24) is 15.5 Å². The Morgan fingerprint density at radius 3 is 2.68 bits per heavy atom. The second-order valence-electron chi connectivity index (χ2n) is 8.18. The number of carbonyl (C=O) groups is 2. The molecule has 3 fully saturated rings. The smallest absolute Gasteiger partial charge is 0.318 e. The molecule has 152 valence electrons. The zero-order valence-electron chi connectivity index (χ0n) is 15.7. The second-order valence-corrected chi connectivity index (χ2v) is 8.56. The number of rotatable bonds is 4. The minimum atomic E-state index is -0.828. The van der Waals surface area contributed by atoms with Crippen LogP contribution in [0.5, 0.6) is 0 Å². The first-order valence-electron chi connectivity index (χ1n) is 9.85. The van der Waals surface area contributed by atoms with Crippen LogP contribution < -0.4 is 10.6 Å². The average molecular weight is 412 g/mol. The van der Waals surface area contributed by atoms with E-state index in [1.54, 1.807) is 6.92 Å². The van der Waals surface area contributed by atoms with E-state index >= 15 is 0 Å². The SMILES string of the molecule is C[C@@H]1C(=O)NCCN1C(=O)N[C@H](c1ccc(F)c(Cl)c1F)[C@H]1C[C@@H](C2CC2)C1. The van der Waals surface area contributed by atoms with Gasteiger partial charge in [-0.2, -0.15) is 0 Å². The summed E-state index contributed by atoms with van der Waals surface area (Å²) in [5.74, 6) is -0.431. The summed E-state index contributed by atoms with van der Waals surface area (Å²) in [6.45, 7) is 2.42. The number of hydrogen-bond acceptors (Lipinski definition) is 2. The van der Waals surface area contributed by atoms with Crippen LogP contribution in [0.4, 0.5) is 13.6 Å². The van der Waals surface area contributed by atoms with Crippen LogP contribution in [0.3, 0.4) is 0 Å². The van der Waals surface area contributed by atoms with Crippen LogP contribution in [0.25, 0.3) is 0 Å². The monoisotopic (exact) mass is 411 g/mol. The highest BCUT2D eigenvalue weighted by Gasteiger charge is 2.45. The van der Waals surface area contributed by atoms with Crippen molar-refractivity contribution in [3.63, 3.8) is 0 Å². The lowest BCUT2D eigenvalue weighted by Crippen LogP contribution is -2.59. The van der Waals surface area contributed by atoms with Crippen LogP contribution in [-0.4, -0.2) is 36.0 Å². The third-order valence-corrected chi connectivity index (χ3v) is 6.76. The summed E-state index contributed by atoms with van der Waals surface area (Å²) in [7, 11) is 0. The fraction of sp³-hybridized carbons (Fsp3) is 0.600. The Balaban J connectivity index is 1.56. The molecule has 2 atom stereocenters. The number of carbonyl (C=O) groups excluding carboxylic acids is 2. The van der Waals surface area contributed by atoms with Crippen molar-refractivity contribution in [2.75, 3.05) is 13.1 Å². The lowest BCUT2D eigenvalue weighted by atomic mass is 9.67. The molecule has 0 spiro atoms. The van der Waals surface area contributed by atoms with Gasteiger partial charge in [-0.3, -0.25) is 4.79 Å². The summed E-state index contributed by atoms with van der Waals surface area (Å²) in [5, 5.41) is 5.07. The molecule has 0 bridgehead atoms. The van der Waals surface area contributed by atoms with E-state index in [-0.39, 0.29) is 17.4 Å². The highest BCUT2D eigenvalue weighted by molar-refractivity contribution is 6.31. The maximum atomic E-state index is 14.7. The molecule has 0 unspecified atom stereocenters. The van der Waals surface area contributed by atoms with Gasteiger partial charge in [0, 0.05) is 18.7 Å². The Bertz CT molecular complexity index is 796. The van der Waals surface area contributed by atoms with Crippen molar-refractivity contribution in [2.24, 2.45) is 17.8 Å². The summed E-state index contributed by atoms with van der Waals surface area (Å²) >= 11 is 5.78. The molecular weight excluding hydrogens is 388 g/mol. The van der Waals surface area contributed by atoms with E-state index in [1.807, 2.05) is 0 Å². The summed E-state index contributed by atoms with van der Waals surface area (Å²) < 4.78 is 28.4. The van der Waals surface area contributed by atoms with Crippen molar-refractivity contribution in [2.45, 2.75) is 44.7 Å². The van der Waals surface area contributed by atoms with Crippen molar-refractivity contribution in [1.29, 1.82) is 0 Å². The van der Waals surface area contributed by atoms with Gasteiger partial charge in [0.25, 0.3) is 0 Å². The van der Waals surface area contributed by atoms with E-state index in [0.717, 1.165) is 24.8 Å². The molecule has 2 N–H and O–H groups in total. The van der Waals surface area contributed by atoms with Gasteiger partial charge < -0.3 is 15.5 Å². The molecule has 3 aliphatic rings. The molecule has 2 saturated carbocycles. The van der Waals surface area contributed by atoms with Crippen molar-refractivity contribution in [3.8, 4) is 0 Å². The second kappa shape index (κ2) is 7.50. The van der Waals surface area contributed by atoms with Crippen LogP contribution in [0.2, 0.25) is 5.02 Å². The number of benzene rings is 1. The number of halogens is 3. The Morgan fingerprint density at radius 1 is 1.29 bits per heavy atom. The Hall–Kier alpha value is -1.89. The molecule has 1 aromatic rings. The summed E-state index contributed by atoms with van der Waals surface area (Å²) in [5.41, 5.74) is 0.202. The number of piperazine rings is 1. The molecule has 1 heterocycles. The van der Waals surface area contributed by atoms with Crippen LogP contribution >= 0.6 is 11.6 Å². The van der Waals surface area contributed by atoms with Crippen LogP contribution in [0.1, 0.15) is 44.2 Å². The summed E-state index contributed by atoms with van der Waals surface area (Å²) in [6, 6.07) is 0.878. The van der Waals surface area contributed by atoms with E-state index in [1.165, 1.54) is 23.8 Å². The molecule has 8 heteroatoms. The zero-order chi connectivity index (χ0) is 20.0. The quantitative estimate of drug-likeness (QED) is 0.743. The Kier molecular flexibility index (Phi) is 5.21. The van der Waals surface area contributed by atoms with Crippen LogP contribution in [-0.2, 0) is 4.79 Å². The third kappa shape index (κ3) is 3.56. The number of nitrogens with one attached hydrogen (secondary N) is 2. The standard InChI is InChI=1S/C20H24ClF2N3O2/c1-10-19(27)24-6-7-26(10)20(28)25-18(13-8-12(9-13)11-2-3-11)14-4-5-15(22)16(21)17(14)23/h4-5,10-13,18H,2-3,6-9H2,1H3,(H,24,27)(H,25,28)/t10-,12-,13+,18+/m1/s1. The zero-order valence-corrected chi connectivity index (χ0v) is 16.4. The van der Waals surface area contributed by atoms with Crippen molar-refractivity contribution in [3.05, 3.63) is 34.4 Å². The van der Waals surface area contributed by atoms with Gasteiger partial charge in [0.05, 0.1) is 6.04 Å². The van der Waals surface area contributed by atoms with Gasteiger partial charge in [-0.1, -0.05) is 17.7 Å². The predicted octanol–water partition coefficient (Wildman–Crippen LogP) is 3.63. The minimum absolute atomic E-state index is 0.0690. The van der Waals surface area contributed by atoms with Gasteiger partial charge in [0.15, 0.2) is 0 Å². The molecular formula is C20H24ClF2N3O2. The van der Waals surface area contributed by atoms with E-state index in [0.29, 0.717) is 19.0 Å². The fourth-order valence-electron chi connectivity index (χ4n) is 4.44. The van der Waals surface area contributed by atoms with E-state index in [9.17, 15) is 18.4 Å². The highest BCUT2D eigenvalue weighted by atomic mass is 35.5. The van der Waals surface area contributed by atoms with Gasteiger partial charge in [-0.05, 0) is 56.4 Å². The van der Waals surface area contributed by atoms with Gasteiger partial charge in [-0.15, -0.1) is 0 Å². The van der Waals surface area contributed by atoms with Crippen LogP contribution in [0, 0.1) is 29.4 Å². The van der Waals surface area contributed by atoms with Gasteiger partial charge in [-0.25, -0.2) is 13.6 Å². The van der Waals surface area contributed by atoms with Gasteiger partial charge in [0.2, 0.25) is 5.91 Å². The number of nitrogens with zero attached hydrogens (tertiary/aromatic N) is 1. The normalized spacial score (nSPS) is 28.4. The maximum absolute atomic E-state index is 14.7. The molecule has 28 heavy (non-hydrogen) atoms. The largest absolute Gasteiger partial charge is 0.353 e. The Morgan fingerprint density at radius 2 is 2.00 bits per heavy atom. The molecule has 4 rings (SSSR count). The third-order valence-electron chi connectivity index (χ3n) is 6.41. The molecule has 5 nitrogen and oxygen atoms in total. The van der Waals surface area contributed by atoms with Crippen LogP contribution in [0.15, 0.2) is 12.1 Å². The average Bonchev–Trinajstić information content (AvgIpc) is 3.45. The van der Waals surface area contributed by atoms with E-state index in [4.69, 9.17) is 11.6 Å². The fourth-order valence-corrected chi connectivity index (χ4v) is 4.61. The summed E-state index contributed by atoms with van der Waals surface area (Å²) in [4.78, 5) is 26.2. The van der Waals surface area contributed by atoms with Crippen molar-refractivity contribution >= 4 is 23.5 Å². The lowest BCUT2D eigenvalue weighted by Gasteiger charge is -2.42. The first-order chi connectivity index (χ1) is 13.4. The molecule has 1 saturated heterocycles. The predicted molar refractivity (Wildman–Crippen MR) is 101 cm³/mol. The topological polar surface area (TPSA) is 61.4 Å². The minimum Gasteiger partial charge on any atom is -0.353 e. The molecule has 1 aliphatic heterocycles. The van der Waals surface area contributed by atoms with Crippen molar-refractivity contribution < 1.29 is 18.4 Å². The molecule has 0 aromatic heterocycles. The molecule has 1 aromatic carbocycles. The van der Waals surface area contributed by atoms with E-state index < -0.39 is 34.8 Å². The summed E-state index contributed by atoms with van der Waals surface area (Å²) in [6.07, 6.45) is 4.29.